The van der Waals surface area contributed by atoms with Crippen molar-refractivity contribution in [2.75, 3.05) is 0 Å². The van der Waals surface area contributed by atoms with Gasteiger partial charge in [-0.15, -0.1) is 12.8 Å². The van der Waals surface area contributed by atoms with Crippen LogP contribution < -0.4 is 0 Å². The Balaban J connectivity index is 0.000000726. The van der Waals surface area contributed by atoms with E-state index in [2.05, 4.69) is 70.5 Å². The van der Waals surface area contributed by atoms with E-state index in [1.54, 1.807) is 0 Å². The quantitative estimate of drug-likeness (QED) is 0.386. The first-order valence-corrected chi connectivity index (χ1v) is 13.4. The molecule has 2 bridgehead atoms. The van der Waals surface area contributed by atoms with E-state index in [1.807, 2.05) is 32.4 Å². The average Bonchev–Trinajstić information content (AvgIpc) is 3.27. The normalized spacial score (nSPS) is 21.4. The highest BCUT2D eigenvalue weighted by Crippen LogP contribution is 2.50. The zero-order valence-corrected chi connectivity index (χ0v) is 22.1. The number of aromatic amines is 2. The van der Waals surface area contributed by atoms with Crippen molar-refractivity contribution in [2.24, 2.45) is 17.8 Å². The van der Waals surface area contributed by atoms with E-state index in [4.69, 9.17) is 4.98 Å². The first kappa shape index (κ1) is 25.6. The molecule has 0 radical (unpaired) electrons. The van der Waals surface area contributed by atoms with Crippen molar-refractivity contribution in [3.05, 3.63) is 47.5 Å². The lowest BCUT2D eigenvalue weighted by atomic mass is 9.95. The molecule has 0 amide bonds. The molecule has 3 unspecified atom stereocenters. The van der Waals surface area contributed by atoms with E-state index in [0.29, 0.717) is 6.04 Å². The van der Waals surface area contributed by atoms with Gasteiger partial charge in [0.1, 0.15) is 5.65 Å². The Bertz CT molecular complexity index is 1320. The van der Waals surface area contributed by atoms with Gasteiger partial charge in [0.25, 0.3) is 0 Å². The lowest BCUT2D eigenvalue weighted by molar-refractivity contribution is 0.304. The Labute approximate surface area is 215 Å². The highest BCUT2D eigenvalue weighted by atomic mass is 15.3. The fourth-order valence-corrected chi connectivity index (χ4v) is 5.56. The predicted molar refractivity (Wildman–Crippen MR) is 149 cm³/mol. The Morgan fingerprint density at radius 2 is 1.86 bits per heavy atom. The lowest BCUT2D eigenvalue weighted by Crippen LogP contribution is -2.19. The fourth-order valence-electron chi connectivity index (χ4n) is 5.56. The number of H-pyrrole nitrogens is 2. The number of pyridine rings is 1. The molecule has 36 heavy (non-hydrogen) atoms. The summed E-state index contributed by atoms with van der Waals surface area (Å²) in [5.74, 6) is 10.2. The minimum atomic E-state index is 0.496. The molecule has 3 saturated carbocycles. The minimum Gasteiger partial charge on any atom is -0.345 e. The molecule has 2 N–H and O–H groups in total. The van der Waals surface area contributed by atoms with Gasteiger partial charge in [-0.05, 0) is 80.9 Å². The van der Waals surface area contributed by atoms with Crippen LogP contribution in [0.15, 0.2) is 30.9 Å². The van der Waals surface area contributed by atoms with E-state index < -0.39 is 0 Å². The maximum absolute atomic E-state index is 4.92. The first-order chi connectivity index (χ1) is 17.6. The Morgan fingerprint density at radius 1 is 1.06 bits per heavy atom. The monoisotopic (exact) mass is 481 g/mol. The summed E-state index contributed by atoms with van der Waals surface area (Å²) in [6.45, 7) is 8.21. The third-order valence-corrected chi connectivity index (χ3v) is 7.61. The van der Waals surface area contributed by atoms with E-state index in [-0.39, 0.29) is 0 Å². The van der Waals surface area contributed by atoms with Crippen molar-refractivity contribution in [2.45, 2.75) is 78.7 Å². The maximum atomic E-state index is 4.92. The summed E-state index contributed by atoms with van der Waals surface area (Å²) in [5, 5.41) is 4.81. The van der Waals surface area contributed by atoms with Crippen LogP contribution in [0.3, 0.4) is 0 Å². The first-order valence-electron chi connectivity index (χ1n) is 13.4. The Hall–Kier alpha value is -3.44. The molecule has 3 atom stereocenters. The van der Waals surface area contributed by atoms with Crippen LogP contribution in [-0.4, -0.2) is 24.7 Å². The standard InChI is InChI=1S/C27H31N5.C2H6.C2H2/c1-17-10-23-24(15-30-26(23)28-13-17)27-29-14-18(2)22(5-3-4-19-6-7-19)16-32(31-27)25-12-20-8-9-21(25)11-20;2*1-2/h10,13-16,19-21,25H,4,6-9,11-12H2,1-2H3,(H,28,30)(H,29,31);1-2H3;1-2H. The van der Waals surface area contributed by atoms with Gasteiger partial charge >= 0.3 is 0 Å². The van der Waals surface area contributed by atoms with Gasteiger partial charge in [-0.1, -0.05) is 32.1 Å². The summed E-state index contributed by atoms with van der Waals surface area (Å²) in [6.07, 6.45) is 25.2. The molecule has 5 nitrogen and oxygen atoms in total. The smallest absolute Gasteiger partial charge is 0.154 e. The molecule has 0 aliphatic heterocycles. The number of nitrogens with one attached hydrogen (secondary N) is 2. The summed E-state index contributed by atoms with van der Waals surface area (Å²) in [7, 11) is 0. The molecule has 5 heteroatoms. The largest absolute Gasteiger partial charge is 0.345 e. The molecule has 3 aromatic rings. The Morgan fingerprint density at radius 3 is 2.56 bits per heavy atom. The van der Waals surface area contributed by atoms with Gasteiger partial charge in [-0.3, -0.25) is 9.78 Å². The summed E-state index contributed by atoms with van der Waals surface area (Å²) < 4.78 is 2.34. The number of aromatic nitrogens is 5. The SMILES string of the molecule is C#C.CC.Cc1cnc2[nH]cc(-c3ncc(C)c(C#CCC4CC4)cn(C4CC5CCC4C5)[nH]3)c2c1. The van der Waals surface area contributed by atoms with Crippen molar-refractivity contribution in [3.63, 3.8) is 0 Å². The molecule has 6 rings (SSSR count). The van der Waals surface area contributed by atoms with Crippen molar-refractivity contribution in [1.82, 2.24) is 24.7 Å². The van der Waals surface area contributed by atoms with Crippen LogP contribution in [0, 0.1) is 56.3 Å². The fraction of sp³-hybridized carbons (Fsp3) is 0.484. The van der Waals surface area contributed by atoms with Crippen LogP contribution in [0.5, 0.6) is 0 Å². The highest BCUT2D eigenvalue weighted by Gasteiger charge is 2.40. The van der Waals surface area contributed by atoms with Crippen molar-refractivity contribution >= 4 is 11.0 Å². The van der Waals surface area contributed by atoms with Crippen LogP contribution in [0.25, 0.3) is 22.4 Å². The van der Waals surface area contributed by atoms with Gasteiger partial charge in [0, 0.05) is 47.7 Å². The van der Waals surface area contributed by atoms with Crippen LogP contribution in [-0.2, 0) is 0 Å². The lowest BCUT2D eigenvalue weighted by Gasteiger charge is -2.25. The highest BCUT2D eigenvalue weighted by molar-refractivity contribution is 5.91. The van der Waals surface area contributed by atoms with Crippen LogP contribution in [0.4, 0.5) is 0 Å². The van der Waals surface area contributed by atoms with Gasteiger partial charge in [-0.25, -0.2) is 9.97 Å². The van der Waals surface area contributed by atoms with E-state index >= 15 is 0 Å². The van der Waals surface area contributed by atoms with Crippen molar-refractivity contribution < 1.29 is 0 Å². The minimum absolute atomic E-state index is 0.496. The molecule has 3 fully saturated rings. The molecule has 3 heterocycles. The van der Waals surface area contributed by atoms with Crippen LogP contribution >= 0.6 is 0 Å². The summed E-state index contributed by atoms with van der Waals surface area (Å²) in [6, 6.07) is 2.68. The van der Waals surface area contributed by atoms with E-state index in [0.717, 1.165) is 63.3 Å². The van der Waals surface area contributed by atoms with Crippen molar-refractivity contribution in [1.29, 1.82) is 0 Å². The number of hydrogen-bond donors (Lipinski definition) is 2. The van der Waals surface area contributed by atoms with Crippen LogP contribution in [0.2, 0.25) is 0 Å². The number of nitrogens with zero attached hydrogens (tertiary/aromatic N) is 3. The number of rotatable bonds is 3. The third kappa shape index (κ3) is 5.52. The molecular weight excluding hydrogens is 442 g/mol. The van der Waals surface area contributed by atoms with Gasteiger partial charge in [-0.2, -0.15) is 0 Å². The van der Waals surface area contributed by atoms with Gasteiger partial charge in [0.05, 0.1) is 6.04 Å². The van der Waals surface area contributed by atoms with Crippen molar-refractivity contribution in [3.8, 4) is 36.1 Å². The number of fused-ring (bicyclic) bond motifs is 3. The molecule has 3 aliphatic carbocycles. The van der Waals surface area contributed by atoms with Gasteiger partial charge < -0.3 is 4.98 Å². The predicted octanol–water partition coefficient (Wildman–Crippen LogP) is 7.28. The topological polar surface area (TPSA) is 62.3 Å². The second-order valence-corrected chi connectivity index (χ2v) is 10.2. The zero-order valence-electron chi connectivity index (χ0n) is 22.1. The average molecular weight is 482 g/mol. The molecule has 3 aromatic heterocycles. The second kappa shape index (κ2) is 11.5. The summed E-state index contributed by atoms with van der Waals surface area (Å²) >= 11 is 0. The third-order valence-electron chi connectivity index (χ3n) is 7.61. The molecule has 0 aromatic carbocycles. The molecular formula is C31H39N5. The molecule has 0 spiro atoms. The second-order valence-electron chi connectivity index (χ2n) is 10.2. The number of aryl methyl sites for hydroxylation is 2. The van der Waals surface area contributed by atoms with Gasteiger partial charge in [0.15, 0.2) is 5.82 Å². The van der Waals surface area contributed by atoms with Gasteiger partial charge in [0.2, 0.25) is 0 Å². The molecule has 188 valence electrons. The molecule has 3 aliphatic rings. The summed E-state index contributed by atoms with van der Waals surface area (Å²) in [4.78, 5) is 12.8. The zero-order chi connectivity index (χ0) is 25.7. The number of terminal acetylenes is 1. The Kier molecular flexibility index (Phi) is 8.21. The molecule has 0 saturated heterocycles. The van der Waals surface area contributed by atoms with Crippen LogP contribution in [0.1, 0.15) is 81.5 Å². The van der Waals surface area contributed by atoms with E-state index in [9.17, 15) is 0 Å². The summed E-state index contributed by atoms with van der Waals surface area (Å²) in [5.41, 5.74) is 5.31. The number of hydrogen-bond acceptors (Lipinski definition) is 2. The van der Waals surface area contributed by atoms with E-state index in [1.165, 1.54) is 38.5 Å². The maximum Gasteiger partial charge on any atom is 0.154 e.